The molecule has 2 amide bonds. The standard InChI is InChI=1S/C29H34ClN3O5S/c1-21(2)31-29(35)27(18-22-8-6-5-7-9-22)32(19-23-10-12-24(30)13-11-23)28(34)20-33(39(4,36)37)25-14-16-26(38-3)17-15-25/h5-17,21,27H,18-20H2,1-4H3,(H,31,35)/t27-/m0/s1. The Kier molecular flexibility index (Phi) is 10.4. The van der Waals surface area contributed by atoms with Gasteiger partial charge in [0.25, 0.3) is 0 Å². The molecule has 3 aromatic rings. The normalized spacial score (nSPS) is 12.1. The number of carbonyl (C=O) groups excluding carboxylic acids is 2. The molecule has 0 aliphatic heterocycles. The lowest BCUT2D eigenvalue weighted by Gasteiger charge is -2.34. The van der Waals surface area contributed by atoms with Crippen molar-refractivity contribution in [3.05, 3.63) is 95.0 Å². The van der Waals surface area contributed by atoms with E-state index in [1.54, 1.807) is 48.5 Å². The van der Waals surface area contributed by atoms with E-state index < -0.39 is 28.5 Å². The summed E-state index contributed by atoms with van der Waals surface area (Å²) in [4.78, 5) is 28.9. The van der Waals surface area contributed by atoms with E-state index in [0.29, 0.717) is 16.5 Å². The van der Waals surface area contributed by atoms with E-state index in [4.69, 9.17) is 16.3 Å². The monoisotopic (exact) mass is 571 g/mol. The highest BCUT2D eigenvalue weighted by Gasteiger charge is 2.33. The van der Waals surface area contributed by atoms with Crippen LogP contribution in [0.1, 0.15) is 25.0 Å². The van der Waals surface area contributed by atoms with E-state index in [0.717, 1.165) is 21.7 Å². The van der Waals surface area contributed by atoms with Crippen LogP contribution in [-0.4, -0.2) is 57.1 Å². The molecule has 0 heterocycles. The smallest absolute Gasteiger partial charge is 0.244 e. The van der Waals surface area contributed by atoms with E-state index in [-0.39, 0.29) is 24.9 Å². The first-order valence-electron chi connectivity index (χ1n) is 12.5. The van der Waals surface area contributed by atoms with Crippen LogP contribution >= 0.6 is 11.6 Å². The number of hydrogen-bond acceptors (Lipinski definition) is 5. The molecular weight excluding hydrogens is 538 g/mol. The molecule has 1 atom stereocenters. The van der Waals surface area contributed by atoms with E-state index in [2.05, 4.69) is 5.32 Å². The number of amides is 2. The molecule has 0 bridgehead atoms. The molecular formula is C29H34ClN3O5S. The maximum absolute atomic E-state index is 14.0. The van der Waals surface area contributed by atoms with Crippen LogP contribution < -0.4 is 14.4 Å². The predicted molar refractivity (Wildman–Crippen MR) is 154 cm³/mol. The second-order valence-corrected chi connectivity index (χ2v) is 11.8. The summed E-state index contributed by atoms with van der Waals surface area (Å²) in [5.74, 6) is -0.297. The minimum atomic E-state index is -3.84. The molecule has 0 radical (unpaired) electrons. The fourth-order valence-electron chi connectivity index (χ4n) is 4.08. The van der Waals surface area contributed by atoms with E-state index in [9.17, 15) is 18.0 Å². The number of nitrogens with one attached hydrogen (secondary N) is 1. The predicted octanol–water partition coefficient (Wildman–Crippen LogP) is 4.28. The van der Waals surface area contributed by atoms with Gasteiger partial charge in [0, 0.05) is 24.0 Å². The Balaban J connectivity index is 2.03. The Morgan fingerprint density at radius 3 is 2.08 bits per heavy atom. The fourth-order valence-corrected chi connectivity index (χ4v) is 5.06. The number of benzene rings is 3. The minimum Gasteiger partial charge on any atom is -0.497 e. The van der Waals surface area contributed by atoms with Crippen LogP contribution in [-0.2, 0) is 32.6 Å². The lowest BCUT2D eigenvalue weighted by molar-refractivity contribution is -0.140. The first-order valence-corrected chi connectivity index (χ1v) is 14.7. The van der Waals surface area contributed by atoms with Gasteiger partial charge in [-0.2, -0.15) is 0 Å². The van der Waals surface area contributed by atoms with Gasteiger partial charge in [-0.3, -0.25) is 13.9 Å². The van der Waals surface area contributed by atoms with Gasteiger partial charge in [-0.25, -0.2) is 8.42 Å². The van der Waals surface area contributed by atoms with Gasteiger partial charge in [-0.05, 0) is 61.4 Å². The molecule has 0 aromatic heterocycles. The second-order valence-electron chi connectivity index (χ2n) is 9.48. The highest BCUT2D eigenvalue weighted by atomic mass is 35.5. The maximum Gasteiger partial charge on any atom is 0.244 e. The van der Waals surface area contributed by atoms with Gasteiger partial charge in [-0.1, -0.05) is 54.1 Å². The number of hydrogen-bond donors (Lipinski definition) is 1. The Bertz CT molecular complexity index is 1350. The molecule has 208 valence electrons. The summed E-state index contributed by atoms with van der Waals surface area (Å²) < 4.78 is 31.8. The molecule has 0 unspecified atom stereocenters. The third kappa shape index (κ3) is 8.73. The van der Waals surface area contributed by atoms with Gasteiger partial charge in [0.1, 0.15) is 18.3 Å². The average Bonchev–Trinajstić information content (AvgIpc) is 2.90. The Morgan fingerprint density at radius 2 is 1.54 bits per heavy atom. The van der Waals surface area contributed by atoms with E-state index in [1.165, 1.54) is 12.0 Å². The zero-order valence-corrected chi connectivity index (χ0v) is 24.1. The molecule has 8 nitrogen and oxygen atoms in total. The van der Waals surface area contributed by atoms with E-state index in [1.807, 2.05) is 44.2 Å². The third-order valence-electron chi connectivity index (χ3n) is 6.01. The summed E-state index contributed by atoms with van der Waals surface area (Å²) in [6.07, 6.45) is 1.29. The topological polar surface area (TPSA) is 96.0 Å². The molecule has 0 fully saturated rings. The molecule has 39 heavy (non-hydrogen) atoms. The highest BCUT2D eigenvalue weighted by molar-refractivity contribution is 7.92. The summed E-state index contributed by atoms with van der Waals surface area (Å²) in [7, 11) is -2.33. The molecule has 0 aliphatic carbocycles. The minimum absolute atomic E-state index is 0.0826. The van der Waals surface area contributed by atoms with Crippen molar-refractivity contribution in [2.45, 2.75) is 38.9 Å². The number of sulfonamides is 1. The largest absolute Gasteiger partial charge is 0.497 e. The average molecular weight is 572 g/mol. The van der Waals surface area contributed by atoms with Gasteiger partial charge in [0.2, 0.25) is 21.8 Å². The van der Waals surface area contributed by atoms with Gasteiger partial charge < -0.3 is 15.0 Å². The number of ether oxygens (including phenoxy) is 1. The first-order chi connectivity index (χ1) is 18.5. The van der Waals surface area contributed by atoms with E-state index >= 15 is 0 Å². The Hall–Kier alpha value is -3.56. The van der Waals surface area contributed by atoms with Crippen LogP contribution in [0, 0.1) is 0 Å². The van der Waals surface area contributed by atoms with Crippen LogP contribution in [0.25, 0.3) is 0 Å². The van der Waals surface area contributed by atoms with Crippen molar-refractivity contribution in [1.29, 1.82) is 0 Å². The number of methoxy groups -OCH3 is 1. The number of rotatable bonds is 12. The SMILES string of the molecule is COc1ccc(N(CC(=O)N(Cc2ccc(Cl)cc2)[C@@H](Cc2ccccc2)C(=O)NC(C)C)S(C)(=O)=O)cc1. The summed E-state index contributed by atoms with van der Waals surface area (Å²) in [5, 5.41) is 3.46. The van der Waals surface area contributed by atoms with Crippen molar-refractivity contribution in [3.63, 3.8) is 0 Å². The van der Waals surface area contributed by atoms with Crippen LogP contribution in [0.2, 0.25) is 5.02 Å². The second kappa shape index (κ2) is 13.5. The van der Waals surface area contributed by atoms with Gasteiger partial charge >= 0.3 is 0 Å². The van der Waals surface area contributed by atoms with Crippen LogP contribution in [0.4, 0.5) is 5.69 Å². The van der Waals surface area contributed by atoms with Crippen molar-refractivity contribution in [2.75, 3.05) is 24.2 Å². The number of halogens is 1. The maximum atomic E-state index is 14.0. The molecule has 10 heteroatoms. The van der Waals surface area contributed by atoms with Gasteiger partial charge in [0.05, 0.1) is 19.1 Å². The lowest BCUT2D eigenvalue weighted by atomic mass is 10.0. The summed E-state index contributed by atoms with van der Waals surface area (Å²) in [5.41, 5.74) is 1.92. The Labute approximate surface area is 235 Å². The van der Waals surface area contributed by atoms with Crippen molar-refractivity contribution in [3.8, 4) is 5.75 Å². The first kappa shape index (κ1) is 30.0. The zero-order chi connectivity index (χ0) is 28.6. The van der Waals surface area contributed by atoms with Crippen LogP contribution in [0.15, 0.2) is 78.9 Å². The Morgan fingerprint density at radius 1 is 0.923 bits per heavy atom. The lowest BCUT2D eigenvalue weighted by Crippen LogP contribution is -2.54. The molecule has 0 saturated heterocycles. The highest BCUT2D eigenvalue weighted by Crippen LogP contribution is 2.23. The van der Waals surface area contributed by atoms with Crippen molar-refractivity contribution >= 4 is 39.1 Å². The van der Waals surface area contributed by atoms with Gasteiger partial charge in [-0.15, -0.1) is 0 Å². The number of carbonyl (C=O) groups is 2. The summed E-state index contributed by atoms with van der Waals surface area (Å²) in [6, 6.07) is 21.7. The number of nitrogens with zero attached hydrogens (tertiary/aromatic N) is 2. The molecule has 3 aromatic carbocycles. The quantitative estimate of drug-likeness (QED) is 0.350. The third-order valence-corrected chi connectivity index (χ3v) is 7.40. The van der Waals surface area contributed by atoms with Crippen molar-refractivity contribution in [2.24, 2.45) is 0 Å². The van der Waals surface area contributed by atoms with Crippen LogP contribution in [0.3, 0.4) is 0 Å². The molecule has 1 N–H and O–H groups in total. The number of anilines is 1. The molecule has 0 saturated carbocycles. The molecule has 0 spiro atoms. The van der Waals surface area contributed by atoms with Crippen molar-refractivity contribution in [1.82, 2.24) is 10.2 Å². The molecule has 3 rings (SSSR count). The summed E-state index contributed by atoms with van der Waals surface area (Å²) >= 11 is 6.07. The summed E-state index contributed by atoms with van der Waals surface area (Å²) in [6.45, 7) is 3.29. The zero-order valence-electron chi connectivity index (χ0n) is 22.5. The van der Waals surface area contributed by atoms with Gasteiger partial charge in [0.15, 0.2) is 0 Å². The van der Waals surface area contributed by atoms with Crippen molar-refractivity contribution < 1.29 is 22.7 Å². The van der Waals surface area contributed by atoms with Crippen LogP contribution in [0.5, 0.6) is 5.75 Å². The molecule has 0 aliphatic rings. The fraction of sp³-hybridized carbons (Fsp3) is 0.310.